The van der Waals surface area contributed by atoms with E-state index in [9.17, 15) is 4.79 Å². The molecule has 0 spiro atoms. The molecule has 0 aliphatic carbocycles. The number of ether oxygens (including phenoxy) is 2. The van der Waals surface area contributed by atoms with Crippen molar-refractivity contribution >= 4 is 22.2 Å². The van der Waals surface area contributed by atoms with Crippen LogP contribution in [-0.2, 0) is 17.6 Å². The first-order valence-electron chi connectivity index (χ1n) is 7.71. The summed E-state index contributed by atoms with van der Waals surface area (Å²) in [6, 6.07) is 5.61. The van der Waals surface area contributed by atoms with Gasteiger partial charge in [-0.05, 0) is 17.7 Å². The Bertz CT molecular complexity index is 873. The van der Waals surface area contributed by atoms with Crippen molar-refractivity contribution in [3.63, 3.8) is 0 Å². The van der Waals surface area contributed by atoms with Crippen LogP contribution in [0.4, 0.5) is 0 Å². The van der Waals surface area contributed by atoms with Gasteiger partial charge in [0, 0.05) is 18.3 Å². The van der Waals surface area contributed by atoms with Gasteiger partial charge in [0.25, 0.3) is 0 Å². The van der Waals surface area contributed by atoms with Crippen LogP contribution < -0.4 is 14.8 Å². The largest absolute Gasteiger partial charge is 0.486 e. The number of hydrogen-bond donors (Lipinski definition) is 1. The molecule has 1 aliphatic heterocycles. The second-order valence-corrected chi connectivity index (χ2v) is 6.27. The molecule has 0 unspecified atom stereocenters. The summed E-state index contributed by atoms with van der Waals surface area (Å²) in [7, 11) is 0. The van der Waals surface area contributed by atoms with E-state index < -0.39 is 0 Å². The highest BCUT2D eigenvalue weighted by atomic mass is 32.1. The van der Waals surface area contributed by atoms with E-state index >= 15 is 0 Å². The highest BCUT2D eigenvalue weighted by Crippen LogP contribution is 2.30. The maximum atomic E-state index is 12.1. The fraction of sp³-hybridized carbons (Fsp3) is 0.312. The van der Waals surface area contributed by atoms with Crippen molar-refractivity contribution in [2.45, 2.75) is 12.8 Å². The van der Waals surface area contributed by atoms with Gasteiger partial charge in [-0.25, -0.2) is 9.50 Å². The molecule has 0 fully saturated rings. The van der Waals surface area contributed by atoms with Crippen LogP contribution in [0.1, 0.15) is 11.3 Å². The quantitative estimate of drug-likeness (QED) is 0.758. The molecule has 3 aromatic rings. The molecule has 0 bridgehead atoms. The van der Waals surface area contributed by atoms with E-state index in [4.69, 9.17) is 9.47 Å². The lowest BCUT2D eigenvalue weighted by molar-refractivity contribution is -0.120. The van der Waals surface area contributed by atoms with Gasteiger partial charge < -0.3 is 14.8 Å². The topological polar surface area (TPSA) is 77.8 Å². The van der Waals surface area contributed by atoms with Gasteiger partial charge in [0.05, 0.1) is 12.1 Å². The number of carbonyl (C=O) groups is 1. The summed E-state index contributed by atoms with van der Waals surface area (Å²) in [6.45, 7) is 1.67. The number of fused-ring (bicyclic) bond motifs is 2. The molecule has 1 N–H and O–H groups in total. The predicted molar refractivity (Wildman–Crippen MR) is 88.7 cm³/mol. The third-order valence-corrected chi connectivity index (χ3v) is 4.64. The molecule has 0 saturated heterocycles. The zero-order valence-electron chi connectivity index (χ0n) is 12.9. The minimum atomic E-state index is -0.0169. The Labute approximate surface area is 142 Å². The Hall–Kier alpha value is -2.61. The number of benzene rings is 1. The fourth-order valence-electron chi connectivity index (χ4n) is 2.62. The molecule has 1 aromatic carbocycles. The van der Waals surface area contributed by atoms with Crippen molar-refractivity contribution in [1.29, 1.82) is 0 Å². The Kier molecular flexibility index (Phi) is 4.04. The Morgan fingerprint density at radius 1 is 1.29 bits per heavy atom. The van der Waals surface area contributed by atoms with Gasteiger partial charge in [-0.15, -0.1) is 11.3 Å². The van der Waals surface area contributed by atoms with Crippen molar-refractivity contribution < 1.29 is 14.3 Å². The Balaban J connectivity index is 1.31. The average molecular weight is 344 g/mol. The first kappa shape index (κ1) is 14.9. The van der Waals surface area contributed by atoms with Gasteiger partial charge in [0.2, 0.25) is 10.9 Å². The smallest absolute Gasteiger partial charge is 0.224 e. The second-order valence-electron chi connectivity index (χ2n) is 5.44. The Morgan fingerprint density at radius 2 is 2.17 bits per heavy atom. The minimum Gasteiger partial charge on any atom is -0.486 e. The number of amides is 1. The standard InChI is InChI=1S/C16H16N4O3S/c21-15(8-11-1-2-13-14(7-11)23-6-5-22-13)17-4-3-12-9-24-16-18-10-19-20(12)16/h1-2,7,9-10H,3-6,8H2,(H,17,21). The molecule has 8 heteroatoms. The first-order valence-corrected chi connectivity index (χ1v) is 8.59. The van der Waals surface area contributed by atoms with Crippen molar-refractivity contribution in [2.75, 3.05) is 19.8 Å². The number of thiazole rings is 1. The van der Waals surface area contributed by atoms with Gasteiger partial charge >= 0.3 is 0 Å². The van der Waals surface area contributed by atoms with E-state index in [2.05, 4.69) is 15.4 Å². The number of nitrogens with one attached hydrogen (secondary N) is 1. The van der Waals surface area contributed by atoms with Crippen LogP contribution >= 0.6 is 11.3 Å². The highest BCUT2D eigenvalue weighted by molar-refractivity contribution is 7.15. The van der Waals surface area contributed by atoms with Crippen LogP contribution in [0.25, 0.3) is 4.96 Å². The second kappa shape index (κ2) is 6.48. The summed E-state index contributed by atoms with van der Waals surface area (Å²) < 4.78 is 12.8. The summed E-state index contributed by atoms with van der Waals surface area (Å²) in [5.74, 6) is 1.43. The molecule has 24 heavy (non-hydrogen) atoms. The molecule has 2 aromatic heterocycles. The fourth-order valence-corrected chi connectivity index (χ4v) is 3.45. The monoisotopic (exact) mass is 344 g/mol. The minimum absolute atomic E-state index is 0.0169. The van der Waals surface area contributed by atoms with E-state index in [0.29, 0.717) is 31.9 Å². The average Bonchev–Trinajstić information content (AvgIpc) is 3.19. The molecule has 4 rings (SSSR count). The zero-order valence-corrected chi connectivity index (χ0v) is 13.7. The molecule has 0 saturated carbocycles. The molecule has 1 aliphatic rings. The van der Waals surface area contributed by atoms with Gasteiger partial charge in [0.15, 0.2) is 11.5 Å². The molecular weight excluding hydrogens is 328 g/mol. The van der Waals surface area contributed by atoms with Crippen molar-refractivity contribution in [3.8, 4) is 11.5 Å². The van der Waals surface area contributed by atoms with Gasteiger partial charge in [-0.1, -0.05) is 6.07 Å². The summed E-state index contributed by atoms with van der Waals surface area (Å²) >= 11 is 1.55. The molecule has 0 atom stereocenters. The van der Waals surface area contributed by atoms with E-state index in [1.165, 1.54) is 6.33 Å². The number of aromatic nitrogens is 3. The maximum Gasteiger partial charge on any atom is 0.224 e. The third-order valence-electron chi connectivity index (χ3n) is 3.76. The number of carbonyl (C=O) groups excluding carboxylic acids is 1. The molecule has 1 amide bonds. The van der Waals surface area contributed by atoms with E-state index in [-0.39, 0.29) is 5.91 Å². The van der Waals surface area contributed by atoms with Crippen LogP contribution in [0.3, 0.4) is 0 Å². The lowest BCUT2D eigenvalue weighted by Gasteiger charge is -2.18. The lowest BCUT2D eigenvalue weighted by Crippen LogP contribution is -2.27. The van der Waals surface area contributed by atoms with Crippen LogP contribution in [0, 0.1) is 0 Å². The summed E-state index contributed by atoms with van der Waals surface area (Å²) in [4.78, 5) is 17.1. The summed E-state index contributed by atoms with van der Waals surface area (Å²) in [5, 5.41) is 9.12. The van der Waals surface area contributed by atoms with Crippen molar-refractivity contribution in [3.05, 3.63) is 41.2 Å². The number of nitrogens with zero attached hydrogens (tertiary/aromatic N) is 3. The van der Waals surface area contributed by atoms with Crippen molar-refractivity contribution in [1.82, 2.24) is 19.9 Å². The van der Waals surface area contributed by atoms with Crippen molar-refractivity contribution in [2.24, 2.45) is 0 Å². The maximum absolute atomic E-state index is 12.1. The van der Waals surface area contributed by atoms with Crippen LogP contribution in [0.5, 0.6) is 11.5 Å². The van der Waals surface area contributed by atoms with E-state index in [0.717, 1.165) is 28.4 Å². The van der Waals surface area contributed by atoms with E-state index in [1.807, 2.05) is 23.6 Å². The predicted octanol–water partition coefficient (Wildman–Crippen LogP) is 1.46. The summed E-state index contributed by atoms with van der Waals surface area (Å²) in [5.41, 5.74) is 1.96. The zero-order chi connectivity index (χ0) is 16.4. The lowest BCUT2D eigenvalue weighted by atomic mass is 10.1. The third kappa shape index (κ3) is 3.05. The molecule has 3 heterocycles. The number of rotatable bonds is 5. The van der Waals surface area contributed by atoms with Gasteiger partial charge in [0.1, 0.15) is 19.5 Å². The van der Waals surface area contributed by atoms with Crippen LogP contribution in [0.2, 0.25) is 0 Å². The molecule has 0 radical (unpaired) electrons. The van der Waals surface area contributed by atoms with Crippen LogP contribution in [-0.4, -0.2) is 40.3 Å². The van der Waals surface area contributed by atoms with Crippen LogP contribution in [0.15, 0.2) is 29.9 Å². The normalized spacial score (nSPS) is 13.2. The highest BCUT2D eigenvalue weighted by Gasteiger charge is 2.13. The molecule has 124 valence electrons. The number of hydrogen-bond acceptors (Lipinski definition) is 6. The molecule has 7 nitrogen and oxygen atoms in total. The van der Waals surface area contributed by atoms with Gasteiger partial charge in [-0.3, -0.25) is 4.79 Å². The molecular formula is C16H16N4O3S. The summed E-state index contributed by atoms with van der Waals surface area (Å²) in [6.07, 6.45) is 2.57. The van der Waals surface area contributed by atoms with E-state index in [1.54, 1.807) is 15.9 Å². The SMILES string of the molecule is O=C(Cc1ccc2c(c1)OCCO2)NCCc1csc2ncnn12. The van der Waals surface area contributed by atoms with Gasteiger partial charge in [-0.2, -0.15) is 5.10 Å². The Morgan fingerprint density at radius 3 is 3.08 bits per heavy atom. The first-order chi connectivity index (χ1) is 11.8.